The minimum Gasteiger partial charge on any atom is -0.494 e. The fourth-order valence-corrected chi connectivity index (χ4v) is 2.61. The molecule has 1 N–H and O–H groups in total. The predicted octanol–water partition coefficient (Wildman–Crippen LogP) is 2.82. The van der Waals surface area contributed by atoms with Gasteiger partial charge in [-0.05, 0) is 50.5 Å². The van der Waals surface area contributed by atoms with Crippen LogP contribution in [0.25, 0.3) is 0 Å². The molecule has 1 aromatic rings. The van der Waals surface area contributed by atoms with E-state index < -0.39 is 0 Å². The second-order valence-corrected chi connectivity index (χ2v) is 5.33. The minimum atomic E-state index is 0.181. The number of hydrogen-bond donors (Lipinski definition) is 1. The zero-order chi connectivity index (χ0) is 14.5. The number of nitrogens with one attached hydrogen (secondary N) is 1. The molecule has 0 atom stereocenters. The highest BCUT2D eigenvalue weighted by Gasteiger charge is 2.20. The Labute approximate surface area is 121 Å². The molecule has 20 heavy (non-hydrogen) atoms. The lowest BCUT2D eigenvalue weighted by atomic mass is 10.0. The molecule has 0 bridgehead atoms. The molecule has 1 aliphatic heterocycles. The second-order valence-electron chi connectivity index (χ2n) is 5.33. The number of likely N-dealkylation sites (tertiary alicyclic amines) is 1. The van der Waals surface area contributed by atoms with E-state index in [0.717, 1.165) is 37.4 Å². The first-order chi connectivity index (χ1) is 9.60. The highest BCUT2D eigenvalue weighted by molar-refractivity contribution is 5.73. The number of amides is 1. The van der Waals surface area contributed by atoms with Crippen LogP contribution in [-0.4, -0.2) is 36.5 Å². The molecule has 0 saturated carbocycles. The topological polar surface area (TPSA) is 41.6 Å². The number of ether oxygens (including phenoxy) is 1. The normalized spacial score (nSPS) is 16.1. The standard InChI is InChI=1S/C16H24N2O2/c1-4-20-15-5-6-16(12(2)11-15)17-14-7-9-18(10-8-14)13(3)19/h5-6,11,14,17H,4,7-10H2,1-3H3. The van der Waals surface area contributed by atoms with Gasteiger partial charge in [0.05, 0.1) is 6.61 Å². The lowest BCUT2D eigenvalue weighted by molar-refractivity contribution is -0.129. The smallest absolute Gasteiger partial charge is 0.219 e. The monoisotopic (exact) mass is 276 g/mol. The first-order valence-electron chi connectivity index (χ1n) is 7.35. The molecule has 0 unspecified atom stereocenters. The average Bonchev–Trinajstić information content (AvgIpc) is 2.43. The molecule has 1 amide bonds. The van der Waals surface area contributed by atoms with E-state index in [1.54, 1.807) is 6.92 Å². The number of anilines is 1. The van der Waals surface area contributed by atoms with Gasteiger partial charge in [-0.1, -0.05) is 0 Å². The Balaban J connectivity index is 1.92. The van der Waals surface area contributed by atoms with Crippen molar-refractivity contribution in [1.29, 1.82) is 0 Å². The van der Waals surface area contributed by atoms with Crippen LogP contribution in [0.4, 0.5) is 5.69 Å². The molecule has 0 aromatic heterocycles. The van der Waals surface area contributed by atoms with E-state index in [9.17, 15) is 4.79 Å². The van der Waals surface area contributed by atoms with Gasteiger partial charge in [-0.3, -0.25) is 4.79 Å². The van der Waals surface area contributed by atoms with Gasteiger partial charge in [-0.25, -0.2) is 0 Å². The molecule has 0 spiro atoms. The van der Waals surface area contributed by atoms with Gasteiger partial charge >= 0.3 is 0 Å². The highest BCUT2D eigenvalue weighted by Crippen LogP contribution is 2.24. The molecule has 1 saturated heterocycles. The van der Waals surface area contributed by atoms with Crippen molar-refractivity contribution >= 4 is 11.6 Å². The first-order valence-corrected chi connectivity index (χ1v) is 7.35. The maximum Gasteiger partial charge on any atom is 0.219 e. The van der Waals surface area contributed by atoms with E-state index in [1.165, 1.54) is 5.56 Å². The Bertz CT molecular complexity index is 466. The van der Waals surface area contributed by atoms with Gasteiger partial charge in [0, 0.05) is 31.7 Å². The van der Waals surface area contributed by atoms with E-state index in [2.05, 4.69) is 24.4 Å². The summed E-state index contributed by atoms with van der Waals surface area (Å²) in [4.78, 5) is 13.2. The maximum atomic E-state index is 11.3. The van der Waals surface area contributed by atoms with Crippen LogP contribution in [0.1, 0.15) is 32.3 Å². The third-order valence-corrected chi connectivity index (χ3v) is 3.81. The van der Waals surface area contributed by atoms with E-state index in [0.29, 0.717) is 12.6 Å². The molecule has 0 aliphatic carbocycles. The Morgan fingerprint density at radius 2 is 2.10 bits per heavy atom. The van der Waals surface area contributed by atoms with Crippen molar-refractivity contribution in [2.45, 2.75) is 39.7 Å². The lowest BCUT2D eigenvalue weighted by Gasteiger charge is -2.32. The van der Waals surface area contributed by atoms with Crippen molar-refractivity contribution in [1.82, 2.24) is 4.90 Å². The van der Waals surface area contributed by atoms with Gasteiger partial charge in [-0.15, -0.1) is 0 Å². The van der Waals surface area contributed by atoms with Crippen LogP contribution in [0.2, 0.25) is 0 Å². The van der Waals surface area contributed by atoms with Crippen LogP contribution in [0.15, 0.2) is 18.2 Å². The molecule has 1 heterocycles. The molecular weight excluding hydrogens is 252 g/mol. The Morgan fingerprint density at radius 1 is 1.40 bits per heavy atom. The van der Waals surface area contributed by atoms with Gasteiger partial charge in [0.1, 0.15) is 5.75 Å². The third kappa shape index (κ3) is 3.65. The number of piperidine rings is 1. The molecular formula is C16H24N2O2. The van der Waals surface area contributed by atoms with Crippen molar-refractivity contribution in [3.8, 4) is 5.75 Å². The number of hydrogen-bond acceptors (Lipinski definition) is 3. The van der Waals surface area contributed by atoms with Crippen molar-refractivity contribution in [3.05, 3.63) is 23.8 Å². The minimum absolute atomic E-state index is 0.181. The molecule has 1 aliphatic rings. The fourth-order valence-electron chi connectivity index (χ4n) is 2.61. The van der Waals surface area contributed by atoms with Crippen molar-refractivity contribution in [2.24, 2.45) is 0 Å². The van der Waals surface area contributed by atoms with Gasteiger partial charge in [0.15, 0.2) is 0 Å². The summed E-state index contributed by atoms with van der Waals surface area (Å²) in [5.41, 5.74) is 2.36. The summed E-state index contributed by atoms with van der Waals surface area (Å²) < 4.78 is 5.50. The largest absolute Gasteiger partial charge is 0.494 e. The summed E-state index contributed by atoms with van der Waals surface area (Å²) in [5, 5.41) is 3.58. The summed E-state index contributed by atoms with van der Waals surface area (Å²) in [6.45, 7) is 8.12. The van der Waals surface area contributed by atoms with E-state index in [4.69, 9.17) is 4.74 Å². The number of nitrogens with zero attached hydrogens (tertiary/aromatic N) is 1. The molecule has 4 heteroatoms. The molecule has 1 aromatic carbocycles. The summed E-state index contributed by atoms with van der Waals surface area (Å²) in [6.07, 6.45) is 2.01. The second kappa shape index (κ2) is 6.64. The van der Waals surface area contributed by atoms with Gasteiger partial charge in [0.25, 0.3) is 0 Å². The fraction of sp³-hybridized carbons (Fsp3) is 0.562. The number of rotatable bonds is 4. The number of carbonyl (C=O) groups is 1. The molecule has 110 valence electrons. The van der Waals surface area contributed by atoms with Gasteiger partial charge < -0.3 is 15.0 Å². The quantitative estimate of drug-likeness (QED) is 0.919. The third-order valence-electron chi connectivity index (χ3n) is 3.81. The van der Waals surface area contributed by atoms with Crippen LogP contribution < -0.4 is 10.1 Å². The van der Waals surface area contributed by atoms with Crippen molar-refractivity contribution in [2.75, 3.05) is 25.0 Å². The van der Waals surface area contributed by atoms with Crippen LogP contribution in [0, 0.1) is 6.92 Å². The summed E-state index contributed by atoms with van der Waals surface area (Å²) in [7, 11) is 0. The van der Waals surface area contributed by atoms with Gasteiger partial charge in [-0.2, -0.15) is 0 Å². The van der Waals surface area contributed by atoms with Crippen LogP contribution in [0.5, 0.6) is 5.75 Å². The van der Waals surface area contributed by atoms with E-state index >= 15 is 0 Å². The molecule has 1 fully saturated rings. The average molecular weight is 276 g/mol. The number of benzene rings is 1. The zero-order valence-corrected chi connectivity index (χ0v) is 12.6. The van der Waals surface area contributed by atoms with Crippen molar-refractivity contribution in [3.63, 3.8) is 0 Å². The zero-order valence-electron chi connectivity index (χ0n) is 12.6. The Kier molecular flexibility index (Phi) is 4.88. The number of aryl methyl sites for hydroxylation is 1. The van der Waals surface area contributed by atoms with Crippen LogP contribution in [0.3, 0.4) is 0 Å². The number of carbonyl (C=O) groups excluding carboxylic acids is 1. The molecule has 4 nitrogen and oxygen atoms in total. The highest BCUT2D eigenvalue weighted by atomic mass is 16.5. The summed E-state index contributed by atoms with van der Waals surface area (Å²) >= 11 is 0. The SMILES string of the molecule is CCOc1ccc(NC2CCN(C(C)=O)CC2)c(C)c1. The van der Waals surface area contributed by atoms with E-state index in [1.807, 2.05) is 17.9 Å². The summed E-state index contributed by atoms with van der Waals surface area (Å²) in [5.74, 6) is 1.10. The Morgan fingerprint density at radius 3 is 2.65 bits per heavy atom. The van der Waals surface area contributed by atoms with Crippen LogP contribution >= 0.6 is 0 Å². The Hall–Kier alpha value is -1.71. The van der Waals surface area contributed by atoms with Gasteiger partial charge in [0.2, 0.25) is 5.91 Å². The molecule has 2 rings (SSSR count). The lowest BCUT2D eigenvalue weighted by Crippen LogP contribution is -2.41. The maximum absolute atomic E-state index is 11.3. The molecule has 0 radical (unpaired) electrons. The predicted molar refractivity (Wildman–Crippen MR) is 81.2 cm³/mol. The van der Waals surface area contributed by atoms with Crippen LogP contribution in [-0.2, 0) is 4.79 Å². The first kappa shape index (κ1) is 14.7. The summed E-state index contributed by atoms with van der Waals surface area (Å²) in [6, 6.07) is 6.60. The van der Waals surface area contributed by atoms with E-state index in [-0.39, 0.29) is 5.91 Å². The van der Waals surface area contributed by atoms with Crippen molar-refractivity contribution < 1.29 is 9.53 Å².